The molecule has 0 saturated heterocycles. The van der Waals surface area contributed by atoms with E-state index in [4.69, 9.17) is 4.74 Å². The van der Waals surface area contributed by atoms with Gasteiger partial charge in [-0.2, -0.15) is 0 Å². The number of nitrogens with one attached hydrogen (secondary N) is 2. The van der Waals surface area contributed by atoms with Gasteiger partial charge in [-0.1, -0.05) is 23.8 Å². The quantitative estimate of drug-likeness (QED) is 0.767. The number of carbonyl (C=O) groups is 1. The number of rotatable bonds is 7. The van der Waals surface area contributed by atoms with Crippen LogP contribution in [0.25, 0.3) is 0 Å². The fourth-order valence-corrected chi connectivity index (χ4v) is 1.96. The number of ether oxygens (including phenoxy) is 1. The van der Waals surface area contributed by atoms with E-state index in [1.807, 2.05) is 49.4 Å². The molecule has 0 spiro atoms. The SMILES string of the molecule is COc1cccc(CNCCNC(=O)c2ccc(C)cc2)n1. The predicted octanol–water partition coefficient (Wildman–Crippen LogP) is 1.92. The lowest BCUT2D eigenvalue weighted by Crippen LogP contribution is -2.31. The van der Waals surface area contributed by atoms with Crippen molar-refractivity contribution in [1.29, 1.82) is 0 Å². The average Bonchev–Trinajstić information content (AvgIpc) is 2.55. The Morgan fingerprint density at radius 1 is 1.14 bits per heavy atom. The van der Waals surface area contributed by atoms with Crippen LogP contribution >= 0.6 is 0 Å². The molecule has 0 atom stereocenters. The van der Waals surface area contributed by atoms with Gasteiger partial charge in [-0.15, -0.1) is 0 Å². The van der Waals surface area contributed by atoms with E-state index in [2.05, 4.69) is 15.6 Å². The minimum absolute atomic E-state index is 0.0543. The molecule has 22 heavy (non-hydrogen) atoms. The molecule has 0 aliphatic heterocycles. The minimum atomic E-state index is -0.0543. The van der Waals surface area contributed by atoms with Crippen molar-refractivity contribution in [2.24, 2.45) is 0 Å². The highest BCUT2D eigenvalue weighted by molar-refractivity contribution is 5.94. The molecule has 2 N–H and O–H groups in total. The molecule has 0 aliphatic rings. The van der Waals surface area contributed by atoms with Crippen LogP contribution in [0, 0.1) is 6.92 Å². The van der Waals surface area contributed by atoms with Gasteiger partial charge >= 0.3 is 0 Å². The zero-order chi connectivity index (χ0) is 15.8. The first kappa shape index (κ1) is 16.0. The molecule has 1 aromatic heterocycles. The van der Waals surface area contributed by atoms with Crippen molar-refractivity contribution in [3.63, 3.8) is 0 Å². The van der Waals surface area contributed by atoms with Gasteiger partial charge in [0.05, 0.1) is 12.8 Å². The summed E-state index contributed by atoms with van der Waals surface area (Å²) >= 11 is 0. The molecule has 5 nitrogen and oxygen atoms in total. The Morgan fingerprint density at radius 3 is 2.64 bits per heavy atom. The predicted molar refractivity (Wildman–Crippen MR) is 86.0 cm³/mol. The maximum absolute atomic E-state index is 11.9. The zero-order valence-corrected chi connectivity index (χ0v) is 12.9. The van der Waals surface area contributed by atoms with Gasteiger partial charge in [0.25, 0.3) is 5.91 Å². The van der Waals surface area contributed by atoms with Gasteiger partial charge in [-0.05, 0) is 25.1 Å². The fourth-order valence-electron chi connectivity index (χ4n) is 1.96. The van der Waals surface area contributed by atoms with Crippen LogP contribution in [0.15, 0.2) is 42.5 Å². The largest absolute Gasteiger partial charge is 0.481 e. The van der Waals surface area contributed by atoms with Gasteiger partial charge in [-0.3, -0.25) is 4.79 Å². The molecule has 1 heterocycles. The molecule has 0 radical (unpaired) electrons. The zero-order valence-electron chi connectivity index (χ0n) is 12.9. The van der Waals surface area contributed by atoms with Gasteiger partial charge in [0.1, 0.15) is 0 Å². The Labute approximate surface area is 130 Å². The van der Waals surface area contributed by atoms with Gasteiger partial charge < -0.3 is 15.4 Å². The lowest BCUT2D eigenvalue weighted by molar-refractivity contribution is 0.0954. The summed E-state index contributed by atoms with van der Waals surface area (Å²) in [4.78, 5) is 16.2. The molecule has 0 saturated carbocycles. The molecular weight excluding hydrogens is 278 g/mol. The summed E-state index contributed by atoms with van der Waals surface area (Å²) in [6.45, 7) is 3.88. The molecular formula is C17H21N3O2. The topological polar surface area (TPSA) is 63.2 Å². The summed E-state index contributed by atoms with van der Waals surface area (Å²) in [6, 6.07) is 13.2. The second kappa shape index (κ2) is 8.14. The third-order valence-electron chi connectivity index (χ3n) is 3.20. The number of benzene rings is 1. The van der Waals surface area contributed by atoms with E-state index in [9.17, 15) is 4.79 Å². The minimum Gasteiger partial charge on any atom is -0.481 e. The average molecular weight is 299 g/mol. The summed E-state index contributed by atoms with van der Waals surface area (Å²) in [5.41, 5.74) is 2.73. The molecule has 0 fully saturated rings. The number of pyridine rings is 1. The Hall–Kier alpha value is -2.40. The van der Waals surface area contributed by atoms with Crippen LogP contribution in [0.4, 0.5) is 0 Å². The first-order valence-corrected chi connectivity index (χ1v) is 7.24. The molecule has 0 bridgehead atoms. The van der Waals surface area contributed by atoms with Crippen molar-refractivity contribution in [1.82, 2.24) is 15.6 Å². The van der Waals surface area contributed by atoms with Crippen LogP contribution in [0.3, 0.4) is 0 Å². The highest BCUT2D eigenvalue weighted by atomic mass is 16.5. The number of carbonyl (C=O) groups excluding carboxylic acids is 1. The van der Waals surface area contributed by atoms with E-state index in [1.54, 1.807) is 7.11 Å². The number of hydrogen-bond donors (Lipinski definition) is 2. The normalized spacial score (nSPS) is 10.3. The van der Waals surface area contributed by atoms with E-state index in [-0.39, 0.29) is 5.91 Å². The highest BCUT2D eigenvalue weighted by Gasteiger charge is 2.03. The maximum atomic E-state index is 11.9. The van der Waals surface area contributed by atoms with Gasteiger partial charge in [-0.25, -0.2) is 4.98 Å². The van der Waals surface area contributed by atoms with Crippen molar-refractivity contribution in [2.45, 2.75) is 13.5 Å². The molecule has 0 unspecified atom stereocenters. The monoisotopic (exact) mass is 299 g/mol. The summed E-state index contributed by atoms with van der Waals surface area (Å²) in [7, 11) is 1.60. The van der Waals surface area contributed by atoms with Gasteiger partial charge in [0.2, 0.25) is 5.88 Å². The maximum Gasteiger partial charge on any atom is 0.251 e. The summed E-state index contributed by atoms with van der Waals surface area (Å²) in [5, 5.41) is 6.12. The van der Waals surface area contributed by atoms with Crippen LogP contribution in [-0.4, -0.2) is 31.1 Å². The van der Waals surface area contributed by atoms with E-state index >= 15 is 0 Å². The van der Waals surface area contributed by atoms with Crippen LogP contribution in [0.2, 0.25) is 0 Å². The molecule has 2 aromatic rings. The van der Waals surface area contributed by atoms with E-state index in [0.29, 0.717) is 31.1 Å². The second-order valence-corrected chi connectivity index (χ2v) is 4.97. The smallest absolute Gasteiger partial charge is 0.251 e. The molecule has 116 valence electrons. The molecule has 1 amide bonds. The molecule has 1 aromatic carbocycles. The third kappa shape index (κ3) is 4.86. The van der Waals surface area contributed by atoms with E-state index in [1.165, 1.54) is 0 Å². The Balaban J connectivity index is 1.68. The summed E-state index contributed by atoms with van der Waals surface area (Å²) in [6.07, 6.45) is 0. The summed E-state index contributed by atoms with van der Waals surface area (Å²) < 4.78 is 5.08. The number of amides is 1. The van der Waals surface area contributed by atoms with Crippen molar-refractivity contribution in [3.05, 3.63) is 59.3 Å². The lowest BCUT2D eigenvalue weighted by Gasteiger charge is -2.07. The third-order valence-corrected chi connectivity index (χ3v) is 3.20. The second-order valence-electron chi connectivity index (χ2n) is 4.97. The van der Waals surface area contributed by atoms with Crippen molar-refractivity contribution >= 4 is 5.91 Å². The van der Waals surface area contributed by atoms with Crippen LogP contribution in [0.5, 0.6) is 5.88 Å². The fraction of sp³-hybridized carbons (Fsp3) is 0.294. The first-order chi connectivity index (χ1) is 10.7. The van der Waals surface area contributed by atoms with Crippen LogP contribution in [-0.2, 0) is 6.54 Å². The van der Waals surface area contributed by atoms with Crippen LogP contribution in [0.1, 0.15) is 21.6 Å². The molecule has 5 heteroatoms. The Morgan fingerprint density at radius 2 is 1.91 bits per heavy atom. The van der Waals surface area contributed by atoms with Crippen molar-refractivity contribution in [2.75, 3.05) is 20.2 Å². The van der Waals surface area contributed by atoms with Crippen molar-refractivity contribution in [3.8, 4) is 5.88 Å². The molecule has 0 aliphatic carbocycles. The van der Waals surface area contributed by atoms with Crippen molar-refractivity contribution < 1.29 is 9.53 Å². The number of aromatic nitrogens is 1. The highest BCUT2D eigenvalue weighted by Crippen LogP contribution is 2.06. The summed E-state index contributed by atoms with van der Waals surface area (Å²) in [5.74, 6) is 0.549. The number of methoxy groups -OCH3 is 1. The van der Waals surface area contributed by atoms with Gasteiger partial charge in [0.15, 0.2) is 0 Å². The lowest BCUT2D eigenvalue weighted by atomic mass is 10.1. The Bertz CT molecular complexity index is 612. The Kier molecular flexibility index (Phi) is 5.91. The first-order valence-electron chi connectivity index (χ1n) is 7.24. The number of hydrogen-bond acceptors (Lipinski definition) is 4. The number of aryl methyl sites for hydroxylation is 1. The number of nitrogens with zero attached hydrogens (tertiary/aromatic N) is 1. The standard InChI is InChI=1S/C17H21N3O2/c1-13-6-8-14(9-7-13)17(21)19-11-10-18-12-15-4-3-5-16(20-15)22-2/h3-9,18H,10-12H2,1-2H3,(H,19,21). The molecule has 2 rings (SSSR count). The van der Waals surface area contributed by atoms with Crippen LogP contribution < -0.4 is 15.4 Å². The van der Waals surface area contributed by atoms with E-state index < -0.39 is 0 Å². The van der Waals surface area contributed by atoms with Gasteiger partial charge in [0, 0.05) is 31.3 Å². The van der Waals surface area contributed by atoms with E-state index in [0.717, 1.165) is 11.3 Å².